The number of methoxy groups -OCH3 is 2. The van der Waals surface area contributed by atoms with E-state index in [9.17, 15) is 4.79 Å². The third kappa shape index (κ3) is 4.23. The molecule has 0 spiro atoms. The van der Waals surface area contributed by atoms with Crippen molar-refractivity contribution in [3.05, 3.63) is 51.7 Å². The summed E-state index contributed by atoms with van der Waals surface area (Å²) in [6, 6.07) is 7.37. The van der Waals surface area contributed by atoms with Crippen molar-refractivity contribution < 1.29 is 14.3 Å². The van der Waals surface area contributed by atoms with E-state index in [1.165, 1.54) is 0 Å². The number of ether oxygens (including phenoxy) is 2. The van der Waals surface area contributed by atoms with Gasteiger partial charge in [-0.15, -0.1) is 11.3 Å². The molecule has 1 amide bonds. The molecular weight excluding hydrogens is 368 g/mol. The van der Waals surface area contributed by atoms with Gasteiger partial charge in [0.1, 0.15) is 16.5 Å². The molecule has 1 N–H and O–H groups in total. The number of rotatable bonds is 7. The van der Waals surface area contributed by atoms with Gasteiger partial charge in [0.05, 0.1) is 32.4 Å². The maximum atomic E-state index is 12.4. The normalized spacial score (nSPS) is 11.8. The second-order valence-corrected chi connectivity index (χ2v) is 7.37. The molecule has 0 saturated heterocycles. The Labute approximate surface area is 160 Å². The van der Waals surface area contributed by atoms with Gasteiger partial charge in [0.2, 0.25) is 5.91 Å². The van der Waals surface area contributed by atoms with Crippen molar-refractivity contribution in [3.63, 3.8) is 0 Å². The summed E-state index contributed by atoms with van der Waals surface area (Å²) in [5.74, 6) is 1.36. The second-order valence-electron chi connectivity index (χ2n) is 5.73. The molecule has 7 heteroatoms. The summed E-state index contributed by atoms with van der Waals surface area (Å²) in [6.45, 7) is 1.92. The van der Waals surface area contributed by atoms with Gasteiger partial charge in [-0.3, -0.25) is 4.79 Å². The van der Waals surface area contributed by atoms with Crippen molar-refractivity contribution in [2.45, 2.75) is 19.4 Å². The third-order valence-corrected chi connectivity index (χ3v) is 5.57. The minimum absolute atomic E-state index is 0.0791. The average molecular weight is 389 g/mol. The zero-order chi connectivity index (χ0) is 18.5. The van der Waals surface area contributed by atoms with Crippen LogP contribution in [0.1, 0.15) is 24.2 Å². The van der Waals surface area contributed by atoms with E-state index in [0.717, 1.165) is 27.6 Å². The number of hydrogen-bond acceptors (Lipinski definition) is 6. The Morgan fingerprint density at radius 3 is 2.77 bits per heavy atom. The molecule has 0 aliphatic carbocycles. The highest BCUT2D eigenvalue weighted by Crippen LogP contribution is 2.29. The molecule has 26 heavy (non-hydrogen) atoms. The van der Waals surface area contributed by atoms with Crippen LogP contribution in [0, 0.1) is 0 Å². The lowest BCUT2D eigenvalue weighted by Gasteiger charge is -2.18. The Hall–Kier alpha value is -2.38. The minimum atomic E-state index is -0.206. The van der Waals surface area contributed by atoms with Crippen molar-refractivity contribution in [2.75, 3.05) is 14.2 Å². The van der Waals surface area contributed by atoms with Crippen LogP contribution in [0.2, 0.25) is 0 Å². The molecular formula is C19H20N2O3S2. The number of thiazole rings is 1. The lowest BCUT2D eigenvalue weighted by atomic mass is 10.1. The van der Waals surface area contributed by atoms with Crippen LogP contribution in [0.3, 0.4) is 0 Å². The second kappa shape index (κ2) is 8.33. The lowest BCUT2D eigenvalue weighted by molar-refractivity contribution is -0.121. The molecule has 2 heterocycles. The highest BCUT2D eigenvalue weighted by Gasteiger charge is 2.16. The molecule has 0 unspecified atom stereocenters. The fourth-order valence-electron chi connectivity index (χ4n) is 2.62. The molecule has 3 rings (SSSR count). The number of carbonyl (C=O) groups excluding carboxylic acids is 1. The number of thiophene rings is 1. The predicted octanol–water partition coefficient (Wildman–Crippen LogP) is 4.31. The first-order valence-corrected chi connectivity index (χ1v) is 9.91. The van der Waals surface area contributed by atoms with Gasteiger partial charge >= 0.3 is 0 Å². The van der Waals surface area contributed by atoms with Crippen molar-refractivity contribution in [1.29, 1.82) is 0 Å². The van der Waals surface area contributed by atoms with Gasteiger partial charge in [0.25, 0.3) is 0 Å². The summed E-state index contributed by atoms with van der Waals surface area (Å²) < 4.78 is 10.7. The van der Waals surface area contributed by atoms with E-state index in [0.29, 0.717) is 5.75 Å². The van der Waals surface area contributed by atoms with Crippen LogP contribution in [0.25, 0.3) is 10.6 Å². The van der Waals surface area contributed by atoms with Gasteiger partial charge in [-0.25, -0.2) is 4.98 Å². The number of nitrogens with zero attached hydrogens (tertiary/aromatic N) is 1. The van der Waals surface area contributed by atoms with Crippen LogP contribution in [-0.2, 0) is 11.2 Å². The zero-order valence-electron chi connectivity index (χ0n) is 14.8. The first kappa shape index (κ1) is 18.4. The molecule has 0 bridgehead atoms. The summed E-state index contributed by atoms with van der Waals surface area (Å²) in [5, 5.41) is 9.96. The number of nitrogens with one attached hydrogen (secondary N) is 1. The number of carbonyl (C=O) groups is 1. The van der Waals surface area contributed by atoms with Crippen LogP contribution in [0.5, 0.6) is 11.5 Å². The minimum Gasteiger partial charge on any atom is -0.497 e. The molecule has 0 fully saturated rings. The van der Waals surface area contributed by atoms with Gasteiger partial charge in [-0.05, 0) is 36.6 Å². The molecule has 1 atom stereocenters. The van der Waals surface area contributed by atoms with Crippen LogP contribution in [0.4, 0.5) is 0 Å². The largest absolute Gasteiger partial charge is 0.497 e. The fraction of sp³-hybridized carbons (Fsp3) is 0.263. The van der Waals surface area contributed by atoms with E-state index >= 15 is 0 Å². The van der Waals surface area contributed by atoms with Crippen LogP contribution < -0.4 is 14.8 Å². The first-order chi connectivity index (χ1) is 12.6. The molecule has 3 aromatic rings. The van der Waals surface area contributed by atoms with Gasteiger partial charge in [-0.2, -0.15) is 11.3 Å². The monoisotopic (exact) mass is 388 g/mol. The number of aromatic nitrogens is 1. The smallest absolute Gasteiger partial charge is 0.226 e. The molecule has 0 saturated carbocycles. The average Bonchev–Trinajstić information content (AvgIpc) is 3.32. The maximum absolute atomic E-state index is 12.4. The van der Waals surface area contributed by atoms with Gasteiger partial charge in [0, 0.05) is 21.9 Å². The summed E-state index contributed by atoms with van der Waals surface area (Å²) in [4.78, 5) is 17.0. The standard InChI is InChI=1S/C19H20N2O3S2/c1-12(16-9-15(23-2)4-5-17(16)24-3)20-18(22)8-14-11-26-19(21-14)13-6-7-25-10-13/h4-7,9-12H,8H2,1-3H3,(H,20,22)/t12-/m0/s1. The van der Waals surface area contributed by atoms with Crippen molar-refractivity contribution in [1.82, 2.24) is 10.3 Å². The molecule has 0 radical (unpaired) electrons. The van der Waals surface area contributed by atoms with E-state index < -0.39 is 0 Å². The van der Waals surface area contributed by atoms with Crippen molar-refractivity contribution in [3.8, 4) is 22.1 Å². The van der Waals surface area contributed by atoms with Crippen LogP contribution in [-0.4, -0.2) is 25.1 Å². The summed E-state index contributed by atoms with van der Waals surface area (Å²) >= 11 is 3.19. The number of hydrogen-bond donors (Lipinski definition) is 1. The van der Waals surface area contributed by atoms with Crippen LogP contribution in [0.15, 0.2) is 40.4 Å². The Morgan fingerprint density at radius 1 is 1.23 bits per heavy atom. The zero-order valence-corrected chi connectivity index (χ0v) is 16.4. The summed E-state index contributed by atoms with van der Waals surface area (Å²) in [5.41, 5.74) is 2.75. The lowest BCUT2D eigenvalue weighted by Crippen LogP contribution is -2.28. The summed E-state index contributed by atoms with van der Waals surface area (Å²) in [7, 11) is 3.23. The van der Waals surface area contributed by atoms with E-state index in [1.54, 1.807) is 36.9 Å². The Morgan fingerprint density at radius 2 is 2.08 bits per heavy atom. The van der Waals surface area contributed by atoms with Crippen molar-refractivity contribution in [2.24, 2.45) is 0 Å². The molecule has 0 aliphatic heterocycles. The van der Waals surface area contributed by atoms with E-state index in [2.05, 4.69) is 15.7 Å². The molecule has 5 nitrogen and oxygen atoms in total. The molecule has 1 aromatic carbocycles. The quantitative estimate of drug-likeness (QED) is 0.655. The van der Waals surface area contributed by atoms with E-state index in [1.807, 2.05) is 41.9 Å². The number of benzene rings is 1. The molecule has 2 aromatic heterocycles. The molecule has 136 valence electrons. The number of amides is 1. The highest BCUT2D eigenvalue weighted by molar-refractivity contribution is 7.14. The molecule has 0 aliphatic rings. The maximum Gasteiger partial charge on any atom is 0.226 e. The van der Waals surface area contributed by atoms with Crippen molar-refractivity contribution >= 4 is 28.6 Å². The first-order valence-electron chi connectivity index (χ1n) is 8.09. The predicted molar refractivity (Wildman–Crippen MR) is 105 cm³/mol. The van der Waals surface area contributed by atoms with Gasteiger partial charge < -0.3 is 14.8 Å². The topological polar surface area (TPSA) is 60.5 Å². The van der Waals surface area contributed by atoms with Gasteiger partial charge in [0.15, 0.2) is 0 Å². The SMILES string of the molecule is COc1ccc(OC)c([C@H](C)NC(=O)Cc2csc(-c3ccsc3)n2)c1. The third-order valence-electron chi connectivity index (χ3n) is 3.94. The summed E-state index contributed by atoms with van der Waals surface area (Å²) in [6.07, 6.45) is 0.247. The van der Waals surface area contributed by atoms with Gasteiger partial charge in [-0.1, -0.05) is 0 Å². The Kier molecular flexibility index (Phi) is 5.90. The highest BCUT2D eigenvalue weighted by atomic mass is 32.1. The Balaban J connectivity index is 1.66. The van der Waals surface area contributed by atoms with E-state index in [-0.39, 0.29) is 18.4 Å². The Bertz CT molecular complexity index is 875. The fourth-order valence-corrected chi connectivity index (χ4v) is 4.15. The van der Waals surface area contributed by atoms with E-state index in [4.69, 9.17) is 9.47 Å². The van der Waals surface area contributed by atoms with Crippen LogP contribution >= 0.6 is 22.7 Å².